The van der Waals surface area contributed by atoms with E-state index >= 15 is 0 Å². The van der Waals surface area contributed by atoms with Crippen molar-refractivity contribution in [3.8, 4) is 0 Å². The van der Waals surface area contributed by atoms with Crippen LogP contribution in [0, 0.1) is 6.92 Å². The second-order valence-electron chi connectivity index (χ2n) is 4.65. The molecule has 0 atom stereocenters. The molecule has 0 saturated heterocycles. The van der Waals surface area contributed by atoms with Crippen molar-refractivity contribution >= 4 is 22.5 Å². The van der Waals surface area contributed by atoms with Crippen molar-refractivity contribution in [1.82, 2.24) is 15.5 Å². The molecular formula is C13H14N4OS. The lowest BCUT2D eigenvalue weighted by atomic mass is 10.1. The van der Waals surface area contributed by atoms with Crippen LogP contribution in [-0.2, 0) is 5.54 Å². The van der Waals surface area contributed by atoms with Crippen LogP contribution in [0.5, 0.6) is 0 Å². The molecule has 5 nitrogen and oxygen atoms in total. The molecule has 6 heteroatoms. The third-order valence-corrected chi connectivity index (χ3v) is 3.93. The first-order valence-corrected chi connectivity index (χ1v) is 6.94. The van der Waals surface area contributed by atoms with Crippen LogP contribution in [0.4, 0.5) is 9.93 Å². The van der Waals surface area contributed by atoms with E-state index in [-0.39, 0.29) is 11.6 Å². The van der Waals surface area contributed by atoms with Crippen molar-refractivity contribution < 1.29 is 4.79 Å². The Morgan fingerprint density at radius 2 is 2.00 bits per heavy atom. The Balaban J connectivity index is 1.67. The summed E-state index contributed by atoms with van der Waals surface area (Å²) in [4.78, 5) is 12.0. The van der Waals surface area contributed by atoms with Gasteiger partial charge in [0.05, 0.1) is 5.54 Å². The number of urea groups is 1. The topological polar surface area (TPSA) is 66.9 Å². The Morgan fingerprint density at radius 1 is 1.26 bits per heavy atom. The second-order valence-corrected chi connectivity index (χ2v) is 5.84. The number of hydrogen-bond acceptors (Lipinski definition) is 4. The van der Waals surface area contributed by atoms with E-state index in [0.717, 1.165) is 23.4 Å². The number of benzene rings is 1. The molecule has 98 valence electrons. The predicted octanol–water partition coefficient (Wildman–Crippen LogP) is 2.66. The number of aromatic nitrogens is 2. The zero-order valence-electron chi connectivity index (χ0n) is 10.5. The van der Waals surface area contributed by atoms with Gasteiger partial charge >= 0.3 is 6.03 Å². The lowest BCUT2D eigenvalue weighted by Gasteiger charge is -2.17. The van der Waals surface area contributed by atoms with E-state index in [1.54, 1.807) is 0 Å². The van der Waals surface area contributed by atoms with E-state index in [0.29, 0.717) is 5.13 Å². The highest BCUT2D eigenvalue weighted by atomic mass is 32.1. The van der Waals surface area contributed by atoms with Crippen LogP contribution in [0.3, 0.4) is 0 Å². The molecule has 2 amide bonds. The molecular weight excluding hydrogens is 260 g/mol. The molecule has 2 aromatic rings. The fourth-order valence-electron chi connectivity index (χ4n) is 2.06. The summed E-state index contributed by atoms with van der Waals surface area (Å²) in [7, 11) is 0. The molecule has 0 spiro atoms. The van der Waals surface area contributed by atoms with Gasteiger partial charge in [-0.1, -0.05) is 41.7 Å². The lowest BCUT2D eigenvalue weighted by molar-refractivity contribution is 0.247. The molecule has 3 rings (SSSR count). The Hall–Kier alpha value is -1.95. The van der Waals surface area contributed by atoms with Crippen molar-refractivity contribution in [2.24, 2.45) is 0 Å². The molecule has 0 radical (unpaired) electrons. The Labute approximate surface area is 115 Å². The van der Waals surface area contributed by atoms with Gasteiger partial charge in [-0.3, -0.25) is 5.32 Å². The number of nitrogens with one attached hydrogen (secondary N) is 2. The Bertz CT molecular complexity index is 592. The third kappa shape index (κ3) is 2.58. The molecule has 1 aliphatic rings. The van der Waals surface area contributed by atoms with Crippen LogP contribution in [0.1, 0.15) is 23.4 Å². The van der Waals surface area contributed by atoms with Gasteiger partial charge in [0.15, 0.2) is 0 Å². The van der Waals surface area contributed by atoms with E-state index < -0.39 is 0 Å². The van der Waals surface area contributed by atoms with Gasteiger partial charge in [-0.2, -0.15) is 0 Å². The van der Waals surface area contributed by atoms with Crippen LogP contribution in [0.25, 0.3) is 0 Å². The Kier molecular flexibility index (Phi) is 2.94. The number of carbonyl (C=O) groups is 1. The van der Waals surface area contributed by atoms with Gasteiger partial charge in [0, 0.05) is 0 Å². The fraction of sp³-hybridized carbons (Fsp3) is 0.308. The van der Waals surface area contributed by atoms with Gasteiger partial charge in [0.2, 0.25) is 5.13 Å². The van der Waals surface area contributed by atoms with E-state index in [2.05, 4.69) is 20.8 Å². The molecule has 1 aromatic carbocycles. The largest absolute Gasteiger partial charge is 0.328 e. The summed E-state index contributed by atoms with van der Waals surface area (Å²) < 4.78 is 0. The van der Waals surface area contributed by atoms with Gasteiger partial charge in [-0.05, 0) is 25.3 Å². The van der Waals surface area contributed by atoms with Gasteiger partial charge in [0.25, 0.3) is 0 Å². The smallest absolute Gasteiger partial charge is 0.321 e. The number of anilines is 1. The Morgan fingerprint density at radius 3 is 2.58 bits per heavy atom. The van der Waals surface area contributed by atoms with Crippen LogP contribution >= 0.6 is 11.3 Å². The predicted molar refractivity (Wildman–Crippen MR) is 74.2 cm³/mol. The van der Waals surface area contributed by atoms with E-state index in [1.165, 1.54) is 11.3 Å². The van der Waals surface area contributed by atoms with Crippen molar-refractivity contribution in [3.05, 3.63) is 40.9 Å². The lowest BCUT2D eigenvalue weighted by Crippen LogP contribution is -2.38. The zero-order chi connectivity index (χ0) is 13.3. The molecule has 2 N–H and O–H groups in total. The molecule has 1 saturated carbocycles. The number of aryl methyl sites for hydroxylation is 1. The third-order valence-electron chi connectivity index (χ3n) is 3.18. The number of amides is 2. The average Bonchev–Trinajstić information content (AvgIpc) is 3.07. The summed E-state index contributed by atoms with van der Waals surface area (Å²) in [5, 5.41) is 14.9. The van der Waals surface area contributed by atoms with Crippen LogP contribution in [0.2, 0.25) is 0 Å². The summed E-state index contributed by atoms with van der Waals surface area (Å²) in [6.07, 6.45) is 1.94. The van der Waals surface area contributed by atoms with Crippen molar-refractivity contribution in [2.75, 3.05) is 5.32 Å². The van der Waals surface area contributed by atoms with E-state index in [1.807, 2.05) is 37.3 Å². The number of hydrogen-bond donors (Lipinski definition) is 2. The molecule has 1 heterocycles. The number of nitrogens with zero attached hydrogens (tertiary/aromatic N) is 2. The summed E-state index contributed by atoms with van der Waals surface area (Å²) in [6, 6.07) is 9.82. The van der Waals surface area contributed by atoms with Crippen LogP contribution < -0.4 is 10.6 Å². The molecule has 1 fully saturated rings. The van der Waals surface area contributed by atoms with Crippen molar-refractivity contribution in [1.29, 1.82) is 0 Å². The van der Waals surface area contributed by atoms with Gasteiger partial charge in [-0.25, -0.2) is 4.79 Å². The highest BCUT2D eigenvalue weighted by Crippen LogP contribution is 2.45. The standard InChI is InChI=1S/C13H14N4OS/c1-9-16-17-12(19-9)14-11(18)15-13(7-8-13)10-5-3-2-4-6-10/h2-6H,7-8H2,1H3,(H2,14,15,17,18). The molecule has 1 aromatic heterocycles. The first-order valence-electron chi connectivity index (χ1n) is 6.13. The molecule has 0 unspecified atom stereocenters. The minimum atomic E-state index is -0.225. The van der Waals surface area contributed by atoms with Gasteiger partial charge < -0.3 is 5.32 Å². The first-order chi connectivity index (χ1) is 9.18. The first kappa shape index (κ1) is 12.1. The van der Waals surface area contributed by atoms with Gasteiger partial charge in [0.1, 0.15) is 5.01 Å². The number of rotatable bonds is 3. The molecule has 0 bridgehead atoms. The molecule has 1 aliphatic carbocycles. The van der Waals surface area contributed by atoms with Crippen molar-refractivity contribution in [2.45, 2.75) is 25.3 Å². The van der Waals surface area contributed by atoms with E-state index in [4.69, 9.17) is 0 Å². The SMILES string of the molecule is Cc1nnc(NC(=O)NC2(c3ccccc3)CC2)s1. The van der Waals surface area contributed by atoms with Crippen LogP contribution in [-0.4, -0.2) is 16.2 Å². The minimum Gasteiger partial charge on any atom is -0.328 e. The molecule has 19 heavy (non-hydrogen) atoms. The molecule has 0 aliphatic heterocycles. The maximum Gasteiger partial charge on any atom is 0.321 e. The maximum atomic E-state index is 12.0. The second kappa shape index (κ2) is 4.62. The highest BCUT2D eigenvalue weighted by Gasteiger charge is 2.45. The number of carbonyl (C=O) groups excluding carboxylic acids is 1. The van der Waals surface area contributed by atoms with Crippen LogP contribution in [0.15, 0.2) is 30.3 Å². The highest BCUT2D eigenvalue weighted by molar-refractivity contribution is 7.15. The summed E-state index contributed by atoms with van der Waals surface area (Å²) in [5.41, 5.74) is 0.948. The summed E-state index contributed by atoms with van der Waals surface area (Å²) in [5.74, 6) is 0. The minimum absolute atomic E-state index is 0.203. The summed E-state index contributed by atoms with van der Waals surface area (Å²) in [6.45, 7) is 1.85. The van der Waals surface area contributed by atoms with Crippen molar-refractivity contribution in [3.63, 3.8) is 0 Å². The average molecular weight is 274 g/mol. The summed E-state index contributed by atoms with van der Waals surface area (Å²) >= 11 is 1.36. The quantitative estimate of drug-likeness (QED) is 0.904. The van der Waals surface area contributed by atoms with Gasteiger partial charge in [-0.15, -0.1) is 10.2 Å². The van der Waals surface area contributed by atoms with E-state index in [9.17, 15) is 4.79 Å². The zero-order valence-corrected chi connectivity index (χ0v) is 11.3. The normalized spacial score (nSPS) is 15.8. The fourth-order valence-corrected chi connectivity index (χ4v) is 2.65. The maximum absolute atomic E-state index is 12.0. The monoisotopic (exact) mass is 274 g/mol.